The van der Waals surface area contributed by atoms with Crippen molar-refractivity contribution in [3.05, 3.63) is 54.2 Å². The van der Waals surface area contributed by atoms with E-state index in [9.17, 15) is 4.79 Å². The molecule has 1 amide bonds. The summed E-state index contributed by atoms with van der Waals surface area (Å²) in [6, 6.07) is 8.76. The summed E-state index contributed by atoms with van der Waals surface area (Å²) in [6.45, 7) is 1.03. The number of amides is 1. The second kappa shape index (κ2) is 7.17. The van der Waals surface area contributed by atoms with Gasteiger partial charge >= 0.3 is 0 Å². The molecule has 0 saturated heterocycles. The van der Waals surface area contributed by atoms with Crippen LogP contribution < -0.4 is 14.8 Å². The summed E-state index contributed by atoms with van der Waals surface area (Å²) in [7, 11) is 1.93. The van der Waals surface area contributed by atoms with Gasteiger partial charge in [0.1, 0.15) is 19.0 Å². The number of aryl methyl sites for hydroxylation is 1. The second-order valence-electron chi connectivity index (χ2n) is 5.69. The quantitative estimate of drug-likeness (QED) is 0.693. The van der Waals surface area contributed by atoms with Gasteiger partial charge in [-0.05, 0) is 24.3 Å². The lowest BCUT2D eigenvalue weighted by atomic mass is 10.2. The van der Waals surface area contributed by atoms with Crippen LogP contribution in [0.5, 0.6) is 11.5 Å². The third-order valence-corrected chi connectivity index (χ3v) is 4.89. The average molecular weight is 371 g/mol. The Morgan fingerprint density at radius 3 is 2.88 bits per heavy atom. The Balaban J connectivity index is 1.39. The van der Waals surface area contributed by atoms with Crippen LogP contribution in [0.2, 0.25) is 0 Å². The zero-order valence-corrected chi connectivity index (χ0v) is 14.9. The van der Waals surface area contributed by atoms with Crippen LogP contribution in [0.4, 0.5) is 5.69 Å². The van der Waals surface area contributed by atoms with Gasteiger partial charge in [-0.3, -0.25) is 4.79 Å². The minimum Gasteiger partial charge on any atom is -0.486 e. The summed E-state index contributed by atoms with van der Waals surface area (Å²) in [5, 5.41) is 3.70. The molecule has 0 spiro atoms. The standard InChI is InChI=1S/C18H17N3O4S/c1-21-7-6-19-18(21)26-11-13-3-5-15(25-13)17(22)20-12-2-4-14-16(10-12)24-9-8-23-14/h2-7,10H,8-9,11H2,1H3,(H,20,22). The van der Waals surface area contributed by atoms with Gasteiger partial charge in [0.25, 0.3) is 5.91 Å². The van der Waals surface area contributed by atoms with Crippen molar-refractivity contribution >= 4 is 23.4 Å². The van der Waals surface area contributed by atoms with Crippen LogP contribution in [0.1, 0.15) is 16.3 Å². The summed E-state index contributed by atoms with van der Waals surface area (Å²) in [6.07, 6.45) is 3.63. The average Bonchev–Trinajstić information content (AvgIpc) is 3.29. The lowest BCUT2D eigenvalue weighted by molar-refractivity contribution is 0.0995. The number of aromatic nitrogens is 2. The van der Waals surface area contributed by atoms with Gasteiger partial charge in [-0.25, -0.2) is 4.98 Å². The summed E-state index contributed by atoms with van der Waals surface area (Å²) in [4.78, 5) is 16.6. The first-order chi connectivity index (χ1) is 12.7. The highest BCUT2D eigenvalue weighted by molar-refractivity contribution is 7.98. The molecule has 0 aliphatic carbocycles. The first-order valence-electron chi connectivity index (χ1n) is 8.09. The Kier molecular flexibility index (Phi) is 4.57. The molecule has 0 radical (unpaired) electrons. The van der Waals surface area contributed by atoms with Gasteiger partial charge in [0.15, 0.2) is 22.4 Å². The minimum atomic E-state index is -0.310. The van der Waals surface area contributed by atoms with E-state index in [1.165, 1.54) is 0 Å². The molecule has 4 rings (SSSR count). The number of benzene rings is 1. The molecule has 0 unspecified atom stereocenters. The molecule has 1 aliphatic heterocycles. The molecular weight excluding hydrogens is 354 g/mol. The number of thioether (sulfide) groups is 1. The number of imidazole rings is 1. The Morgan fingerprint density at radius 2 is 2.08 bits per heavy atom. The second-order valence-corrected chi connectivity index (χ2v) is 6.63. The zero-order chi connectivity index (χ0) is 17.9. The maximum atomic E-state index is 12.4. The fourth-order valence-electron chi connectivity index (χ4n) is 2.52. The first kappa shape index (κ1) is 16.6. The molecule has 0 fully saturated rings. The van der Waals surface area contributed by atoms with Crippen molar-refractivity contribution in [2.24, 2.45) is 7.05 Å². The number of nitrogens with zero attached hydrogens (tertiary/aromatic N) is 2. The van der Waals surface area contributed by atoms with Gasteiger partial charge < -0.3 is 23.8 Å². The maximum Gasteiger partial charge on any atom is 0.291 e. The van der Waals surface area contributed by atoms with E-state index in [0.29, 0.717) is 41.9 Å². The highest BCUT2D eigenvalue weighted by atomic mass is 32.2. The smallest absolute Gasteiger partial charge is 0.291 e. The lowest BCUT2D eigenvalue weighted by Crippen LogP contribution is -2.16. The number of nitrogens with one attached hydrogen (secondary N) is 1. The van der Waals surface area contributed by atoms with Crippen LogP contribution in [0.3, 0.4) is 0 Å². The normalized spacial score (nSPS) is 12.8. The molecular formula is C18H17N3O4S. The molecule has 0 saturated carbocycles. The SMILES string of the molecule is Cn1ccnc1SCc1ccc(C(=O)Nc2ccc3c(c2)OCCO3)o1. The van der Waals surface area contributed by atoms with E-state index in [2.05, 4.69) is 10.3 Å². The van der Waals surface area contributed by atoms with Crippen LogP contribution in [-0.4, -0.2) is 28.7 Å². The van der Waals surface area contributed by atoms with E-state index in [1.807, 2.05) is 17.8 Å². The number of carbonyl (C=O) groups excluding carboxylic acids is 1. The van der Waals surface area contributed by atoms with Gasteiger partial charge in [0.2, 0.25) is 0 Å². The fourth-order valence-corrected chi connectivity index (χ4v) is 3.34. The summed E-state index contributed by atoms with van der Waals surface area (Å²) in [5.74, 6) is 2.57. The van der Waals surface area contributed by atoms with Crippen molar-refractivity contribution in [3.63, 3.8) is 0 Å². The van der Waals surface area contributed by atoms with Crippen LogP contribution in [0.15, 0.2) is 52.3 Å². The van der Waals surface area contributed by atoms with Gasteiger partial charge in [-0.2, -0.15) is 0 Å². The molecule has 0 bridgehead atoms. The monoisotopic (exact) mass is 371 g/mol. The van der Waals surface area contributed by atoms with Crippen LogP contribution >= 0.6 is 11.8 Å². The third kappa shape index (κ3) is 3.55. The minimum absolute atomic E-state index is 0.260. The molecule has 26 heavy (non-hydrogen) atoms. The largest absolute Gasteiger partial charge is 0.486 e. The molecule has 8 heteroatoms. The fraction of sp³-hybridized carbons (Fsp3) is 0.222. The number of hydrogen-bond donors (Lipinski definition) is 1. The van der Waals surface area contributed by atoms with Gasteiger partial charge in [0, 0.05) is 31.2 Å². The highest BCUT2D eigenvalue weighted by Gasteiger charge is 2.15. The van der Waals surface area contributed by atoms with E-state index in [-0.39, 0.29) is 11.7 Å². The van der Waals surface area contributed by atoms with E-state index in [1.54, 1.807) is 48.3 Å². The van der Waals surface area contributed by atoms with Crippen molar-refractivity contribution in [1.82, 2.24) is 9.55 Å². The summed E-state index contributed by atoms with van der Waals surface area (Å²) < 4.78 is 18.6. The molecule has 1 aromatic carbocycles. The Bertz CT molecular complexity index is 934. The Morgan fingerprint density at radius 1 is 1.23 bits per heavy atom. The van der Waals surface area contributed by atoms with Crippen molar-refractivity contribution < 1.29 is 18.7 Å². The van der Waals surface area contributed by atoms with Crippen LogP contribution in [0, 0.1) is 0 Å². The van der Waals surface area contributed by atoms with Gasteiger partial charge in [-0.15, -0.1) is 0 Å². The maximum absolute atomic E-state index is 12.4. The van der Waals surface area contributed by atoms with Gasteiger partial charge in [-0.1, -0.05) is 11.8 Å². The summed E-state index contributed by atoms with van der Waals surface area (Å²) in [5.41, 5.74) is 0.625. The molecule has 1 N–H and O–H groups in total. The van der Waals surface area contributed by atoms with Crippen LogP contribution in [0.25, 0.3) is 0 Å². The number of fused-ring (bicyclic) bond motifs is 1. The van der Waals surface area contributed by atoms with E-state index < -0.39 is 0 Å². The van der Waals surface area contributed by atoms with Crippen LogP contribution in [-0.2, 0) is 12.8 Å². The number of anilines is 1. The molecule has 7 nitrogen and oxygen atoms in total. The van der Waals surface area contributed by atoms with Crippen molar-refractivity contribution in [2.45, 2.75) is 10.9 Å². The Labute approximate surface area is 154 Å². The first-order valence-corrected chi connectivity index (χ1v) is 9.07. The molecule has 0 atom stereocenters. The molecule has 3 aromatic rings. The molecule has 3 heterocycles. The number of hydrogen-bond acceptors (Lipinski definition) is 6. The zero-order valence-electron chi connectivity index (χ0n) is 14.1. The van der Waals surface area contributed by atoms with Crippen molar-refractivity contribution in [3.8, 4) is 11.5 Å². The lowest BCUT2D eigenvalue weighted by Gasteiger charge is -2.18. The number of rotatable bonds is 5. The third-order valence-electron chi connectivity index (χ3n) is 3.81. The number of ether oxygens (including phenoxy) is 2. The molecule has 2 aromatic heterocycles. The predicted molar refractivity (Wildman–Crippen MR) is 96.9 cm³/mol. The van der Waals surface area contributed by atoms with Crippen molar-refractivity contribution in [1.29, 1.82) is 0 Å². The topological polar surface area (TPSA) is 78.5 Å². The van der Waals surface area contributed by atoms with Gasteiger partial charge in [0.05, 0.1) is 5.75 Å². The van der Waals surface area contributed by atoms with Crippen molar-refractivity contribution in [2.75, 3.05) is 18.5 Å². The molecule has 134 valence electrons. The van der Waals surface area contributed by atoms with E-state index >= 15 is 0 Å². The highest BCUT2D eigenvalue weighted by Crippen LogP contribution is 2.32. The number of carbonyl (C=O) groups is 1. The molecule has 1 aliphatic rings. The van der Waals surface area contributed by atoms with E-state index in [0.717, 1.165) is 5.16 Å². The summed E-state index contributed by atoms with van der Waals surface area (Å²) >= 11 is 1.55. The predicted octanol–water partition coefficient (Wildman–Crippen LogP) is 3.33. The van der Waals surface area contributed by atoms with E-state index in [4.69, 9.17) is 13.9 Å². The Hall–Kier alpha value is -2.87. The number of furan rings is 1.